The third-order valence-corrected chi connectivity index (χ3v) is 4.45. The Morgan fingerprint density at radius 1 is 1.27 bits per heavy atom. The van der Waals surface area contributed by atoms with Crippen molar-refractivity contribution in [3.63, 3.8) is 0 Å². The number of rotatable bonds is 4. The second-order valence-electron chi connectivity index (χ2n) is 6.13. The SMILES string of the molecule is NC[C@H]1O[C@@H](n2cnc3c(NC(=O)c4ccccc4)ncnc32)C[C@@H]1N. The average Bonchev–Trinajstić information content (AvgIpc) is 3.26. The highest BCUT2D eigenvalue weighted by Crippen LogP contribution is 2.30. The molecule has 1 aliphatic rings. The molecule has 1 amide bonds. The van der Waals surface area contributed by atoms with E-state index in [4.69, 9.17) is 16.2 Å². The Morgan fingerprint density at radius 3 is 2.81 bits per heavy atom. The predicted octanol–water partition coefficient (Wildman–Crippen LogP) is 0.652. The molecular weight excluding hydrogens is 334 g/mol. The second kappa shape index (κ2) is 6.79. The topological polar surface area (TPSA) is 134 Å². The summed E-state index contributed by atoms with van der Waals surface area (Å²) in [5, 5.41) is 2.78. The van der Waals surface area contributed by atoms with Crippen LogP contribution in [0.1, 0.15) is 23.0 Å². The number of aromatic nitrogens is 4. The van der Waals surface area contributed by atoms with E-state index in [1.54, 1.807) is 35.2 Å². The number of nitrogens with zero attached hydrogens (tertiary/aromatic N) is 4. The zero-order valence-electron chi connectivity index (χ0n) is 13.9. The van der Waals surface area contributed by atoms with Crippen LogP contribution >= 0.6 is 0 Å². The summed E-state index contributed by atoms with van der Waals surface area (Å²) in [7, 11) is 0. The van der Waals surface area contributed by atoms with Gasteiger partial charge in [-0.2, -0.15) is 0 Å². The van der Waals surface area contributed by atoms with Gasteiger partial charge in [0.2, 0.25) is 0 Å². The number of benzene rings is 1. The molecule has 26 heavy (non-hydrogen) atoms. The van der Waals surface area contributed by atoms with Gasteiger partial charge < -0.3 is 21.5 Å². The molecule has 0 bridgehead atoms. The van der Waals surface area contributed by atoms with Crippen molar-refractivity contribution < 1.29 is 9.53 Å². The maximum atomic E-state index is 12.4. The molecule has 134 valence electrons. The van der Waals surface area contributed by atoms with E-state index in [1.165, 1.54) is 6.33 Å². The summed E-state index contributed by atoms with van der Waals surface area (Å²) < 4.78 is 7.69. The molecule has 9 nitrogen and oxygen atoms in total. The largest absolute Gasteiger partial charge is 0.352 e. The van der Waals surface area contributed by atoms with Gasteiger partial charge in [-0.15, -0.1) is 0 Å². The third-order valence-electron chi connectivity index (χ3n) is 4.45. The van der Waals surface area contributed by atoms with Crippen LogP contribution in [0.4, 0.5) is 5.82 Å². The number of carbonyl (C=O) groups is 1. The predicted molar refractivity (Wildman–Crippen MR) is 95.3 cm³/mol. The van der Waals surface area contributed by atoms with Crippen LogP contribution in [0.5, 0.6) is 0 Å². The lowest BCUT2D eigenvalue weighted by Crippen LogP contribution is -2.35. The Hall–Kier alpha value is -2.88. The summed E-state index contributed by atoms with van der Waals surface area (Å²) in [6.07, 6.45) is 3.13. The van der Waals surface area contributed by atoms with Gasteiger partial charge in [-0.05, 0) is 12.1 Å². The number of nitrogens with two attached hydrogens (primary N) is 2. The molecule has 1 aliphatic heterocycles. The molecule has 0 saturated carbocycles. The van der Waals surface area contributed by atoms with E-state index < -0.39 is 0 Å². The summed E-state index contributed by atoms with van der Waals surface area (Å²) in [5.74, 6) is 0.0859. The van der Waals surface area contributed by atoms with E-state index in [1.807, 2.05) is 6.07 Å². The van der Waals surface area contributed by atoms with Gasteiger partial charge in [-0.3, -0.25) is 9.36 Å². The van der Waals surface area contributed by atoms with E-state index in [2.05, 4.69) is 20.3 Å². The Kier molecular flexibility index (Phi) is 4.33. The Bertz CT molecular complexity index is 927. The van der Waals surface area contributed by atoms with Gasteiger partial charge in [0, 0.05) is 24.6 Å². The first-order valence-corrected chi connectivity index (χ1v) is 8.32. The first-order chi connectivity index (χ1) is 12.7. The second-order valence-corrected chi connectivity index (χ2v) is 6.13. The van der Waals surface area contributed by atoms with E-state index >= 15 is 0 Å². The number of hydrogen-bond donors (Lipinski definition) is 3. The molecule has 1 aromatic carbocycles. The van der Waals surface area contributed by atoms with Gasteiger partial charge >= 0.3 is 0 Å². The maximum Gasteiger partial charge on any atom is 0.256 e. The molecule has 0 aliphatic carbocycles. The molecule has 0 spiro atoms. The van der Waals surface area contributed by atoms with Crippen LogP contribution in [-0.4, -0.2) is 44.1 Å². The van der Waals surface area contributed by atoms with Gasteiger partial charge in [0.15, 0.2) is 17.0 Å². The molecule has 0 radical (unpaired) electrons. The molecular formula is C17H19N7O2. The number of fused-ring (bicyclic) bond motifs is 1. The van der Waals surface area contributed by atoms with Crippen LogP contribution in [0.3, 0.4) is 0 Å². The number of carbonyl (C=O) groups excluding carboxylic acids is 1. The van der Waals surface area contributed by atoms with E-state index in [0.29, 0.717) is 35.5 Å². The molecule has 9 heteroatoms. The summed E-state index contributed by atoms with van der Waals surface area (Å²) in [6, 6.07) is 8.77. The molecule has 4 rings (SSSR count). The monoisotopic (exact) mass is 353 g/mol. The third kappa shape index (κ3) is 2.92. The lowest BCUT2D eigenvalue weighted by molar-refractivity contribution is 0.00660. The number of amides is 1. The molecule has 5 N–H and O–H groups in total. The Labute approximate surface area is 149 Å². The molecule has 1 fully saturated rings. The van der Waals surface area contributed by atoms with E-state index in [-0.39, 0.29) is 24.3 Å². The van der Waals surface area contributed by atoms with E-state index in [9.17, 15) is 4.79 Å². The van der Waals surface area contributed by atoms with Gasteiger partial charge in [0.25, 0.3) is 5.91 Å². The van der Waals surface area contributed by atoms with Gasteiger partial charge in [-0.25, -0.2) is 15.0 Å². The standard InChI is InChI=1S/C17H19N7O2/c18-7-12-11(19)6-13(26-12)24-9-22-14-15(20-8-21-16(14)24)23-17(25)10-4-2-1-3-5-10/h1-5,8-9,11-13H,6-7,18-19H2,(H,20,21,23,25)/t11-,12+,13+/m0/s1. The fourth-order valence-corrected chi connectivity index (χ4v) is 3.08. The smallest absolute Gasteiger partial charge is 0.256 e. The molecule has 3 aromatic rings. The fourth-order valence-electron chi connectivity index (χ4n) is 3.08. The van der Waals surface area contributed by atoms with Gasteiger partial charge in [0.1, 0.15) is 12.6 Å². The lowest BCUT2D eigenvalue weighted by Gasteiger charge is -2.14. The number of ether oxygens (including phenoxy) is 1. The number of hydrogen-bond acceptors (Lipinski definition) is 7. The molecule has 3 atom stereocenters. The highest BCUT2D eigenvalue weighted by atomic mass is 16.5. The Morgan fingerprint density at radius 2 is 2.08 bits per heavy atom. The average molecular weight is 353 g/mol. The van der Waals surface area contributed by atoms with Gasteiger partial charge in [0.05, 0.1) is 12.4 Å². The summed E-state index contributed by atoms with van der Waals surface area (Å²) in [6.45, 7) is 0.359. The highest BCUT2D eigenvalue weighted by Gasteiger charge is 2.33. The number of imidazole rings is 1. The van der Waals surface area contributed by atoms with Gasteiger partial charge in [-0.1, -0.05) is 18.2 Å². The van der Waals surface area contributed by atoms with Crippen LogP contribution in [0.25, 0.3) is 11.2 Å². The van der Waals surface area contributed by atoms with Crippen molar-refractivity contribution in [3.05, 3.63) is 48.5 Å². The summed E-state index contributed by atoms with van der Waals surface area (Å²) >= 11 is 0. The quantitative estimate of drug-likeness (QED) is 0.627. The molecule has 2 aromatic heterocycles. The zero-order valence-corrected chi connectivity index (χ0v) is 13.9. The first kappa shape index (κ1) is 16.6. The van der Waals surface area contributed by atoms with Crippen molar-refractivity contribution in [3.8, 4) is 0 Å². The summed E-state index contributed by atoms with van der Waals surface area (Å²) in [5.41, 5.74) is 13.3. The van der Waals surface area contributed by atoms with Crippen molar-refractivity contribution in [1.82, 2.24) is 19.5 Å². The van der Waals surface area contributed by atoms with Crippen LogP contribution in [-0.2, 0) is 4.74 Å². The normalized spacial score (nSPS) is 22.6. The zero-order chi connectivity index (χ0) is 18.1. The van der Waals surface area contributed by atoms with Crippen LogP contribution in [0, 0.1) is 0 Å². The minimum Gasteiger partial charge on any atom is -0.352 e. The van der Waals surface area contributed by atoms with Crippen molar-refractivity contribution >= 4 is 22.9 Å². The maximum absolute atomic E-state index is 12.4. The van der Waals surface area contributed by atoms with Crippen LogP contribution in [0.15, 0.2) is 43.0 Å². The van der Waals surface area contributed by atoms with Crippen molar-refractivity contribution in [2.75, 3.05) is 11.9 Å². The van der Waals surface area contributed by atoms with Crippen molar-refractivity contribution in [2.24, 2.45) is 11.5 Å². The minimum atomic E-state index is -0.295. The van der Waals surface area contributed by atoms with Crippen LogP contribution in [0.2, 0.25) is 0 Å². The molecule has 3 heterocycles. The number of anilines is 1. The minimum absolute atomic E-state index is 0.137. The fraction of sp³-hybridized carbons (Fsp3) is 0.294. The van der Waals surface area contributed by atoms with Crippen LogP contribution < -0.4 is 16.8 Å². The van der Waals surface area contributed by atoms with Crippen molar-refractivity contribution in [2.45, 2.75) is 24.8 Å². The first-order valence-electron chi connectivity index (χ1n) is 8.32. The number of nitrogens with one attached hydrogen (secondary N) is 1. The summed E-state index contributed by atoms with van der Waals surface area (Å²) in [4.78, 5) is 25.2. The highest BCUT2D eigenvalue weighted by molar-refractivity contribution is 6.06. The lowest BCUT2D eigenvalue weighted by atomic mass is 10.1. The Balaban J connectivity index is 1.63. The molecule has 0 unspecified atom stereocenters. The van der Waals surface area contributed by atoms with E-state index in [0.717, 1.165) is 0 Å². The van der Waals surface area contributed by atoms with Crippen molar-refractivity contribution in [1.29, 1.82) is 0 Å². The molecule has 1 saturated heterocycles.